The first kappa shape index (κ1) is 64.2. The number of rotatable bonds is 23. The Hall–Kier alpha value is -5.27. The van der Waals surface area contributed by atoms with Crippen LogP contribution in [0.2, 0.25) is 0 Å². The fourth-order valence-electron chi connectivity index (χ4n) is 10.8. The van der Waals surface area contributed by atoms with Crippen LogP contribution >= 0.6 is 22.7 Å². The van der Waals surface area contributed by atoms with Crippen molar-refractivity contribution in [3.05, 3.63) is 113 Å². The summed E-state index contributed by atoms with van der Waals surface area (Å²) in [6.07, 6.45) is -2.61. The lowest BCUT2D eigenvalue weighted by molar-refractivity contribution is -0.0909. The molecule has 2 aromatic heterocycles. The zero-order valence-electron chi connectivity index (χ0n) is 48.1. The molecule has 85 heavy (non-hydrogen) atoms. The van der Waals surface area contributed by atoms with Crippen molar-refractivity contribution in [1.82, 2.24) is 29.2 Å². The fraction of sp³-hybridized carbons (Fsp3) is 0.517. The molecule has 6 aromatic rings. The van der Waals surface area contributed by atoms with Gasteiger partial charge in [0.05, 0.1) is 97.8 Å². The van der Waals surface area contributed by atoms with Crippen LogP contribution in [0.4, 0.5) is 9.59 Å². The number of alkyl carbamates (subject to hydrolysis) is 2. The minimum Gasteiger partial charge on any atom is -0.443 e. The first-order valence-electron chi connectivity index (χ1n) is 28.2. The van der Waals surface area contributed by atoms with Crippen LogP contribution < -0.4 is 10.6 Å². The minimum absolute atomic E-state index is 0.000737. The minimum atomic E-state index is -4.14. The largest absolute Gasteiger partial charge is 0.443 e. The molecule has 4 aromatic carbocycles. The molecule has 0 aliphatic carbocycles. The van der Waals surface area contributed by atoms with Gasteiger partial charge in [-0.1, -0.05) is 88.4 Å². The van der Waals surface area contributed by atoms with Crippen LogP contribution in [0.25, 0.3) is 20.4 Å². The lowest BCUT2D eigenvalue weighted by Gasteiger charge is -2.31. The molecular formula is C58H74N6O16S5. The van der Waals surface area contributed by atoms with E-state index in [1.165, 1.54) is 38.1 Å². The van der Waals surface area contributed by atoms with Gasteiger partial charge in [0.2, 0.25) is 34.2 Å². The Kier molecular flexibility index (Phi) is 21.0. The number of carbonyl (C=O) groups excluding carboxylic acids is 2. The van der Waals surface area contributed by atoms with E-state index in [1.807, 2.05) is 95.3 Å². The highest BCUT2D eigenvalue weighted by Gasteiger charge is 2.46. The number of hydrogen-bond acceptors (Lipinski definition) is 20. The Labute approximate surface area is 504 Å². The lowest BCUT2D eigenvalue weighted by atomic mass is 10.0. The fourth-order valence-corrected chi connectivity index (χ4v) is 16.9. The summed E-state index contributed by atoms with van der Waals surface area (Å²) in [7, 11) is -11.7. The van der Waals surface area contributed by atoms with Crippen LogP contribution in [0.15, 0.2) is 111 Å². The van der Waals surface area contributed by atoms with Crippen LogP contribution in [0, 0.1) is 30.6 Å². The average Bonchev–Trinajstić information content (AvgIpc) is 4.13. The number of carbonyl (C=O) groups is 2. The van der Waals surface area contributed by atoms with Crippen LogP contribution in [-0.4, -0.2) is 174 Å². The van der Waals surface area contributed by atoms with Crippen LogP contribution in [0.5, 0.6) is 0 Å². The second-order valence-corrected chi connectivity index (χ2v) is 31.0. The Morgan fingerprint density at radius 3 is 1.46 bits per heavy atom. The maximum atomic E-state index is 13.9. The molecule has 0 spiro atoms. The highest BCUT2D eigenvalue weighted by molar-refractivity contribution is 7.92. The normalized spacial score (nSPS) is 22.1. The number of benzene rings is 4. The third kappa shape index (κ3) is 16.3. The van der Waals surface area contributed by atoms with Gasteiger partial charge >= 0.3 is 12.2 Å². The summed E-state index contributed by atoms with van der Waals surface area (Å²) in [5.41, 5.74) is 2.84. The van der Waals surface area contributed by atoms with E-state index in [1.54, 1.807) is 18.2 Å². The van der Waals surface area contributed by atoms with Crippen molar-refractivity contribution in [2.24, 2.45) is 23.7 Å². The highest BCUT2D eigenvalue weighted by atomic mass is 32.2. The molecule has 0 saturated carbocycles. The van der Waals surface area contributed by atoms with E-state index >= 15 is 0 Å². The van der Waals surface area contributed by atoms with Gasteiger partial charge < -0.3 is 49.3 Å². The monoisotopic (exact) mass is 1270 g/mol. The second-order valence-electron chi connectivity index (χ2n) is 22.6. The van der Waals surface area contributed by atoms with Crippen molar-refractivity contribution < 1.29 is 73.5 Å². The Morgan fingerprint density at radius 2 is 1.04 bits per heavy atom. The van der Waals surface area contributed by atoms with Gasteiger partial charge in [-0.05, 0) is 92.0 Å². The topological polar surface area (TPSA) is 289 Å². The van der Waals surface area contributed by atoms with E-state index in [0.29, 0.717) is 29.9 Å². The molecule has 27 heteroatoms. The van der Waals surface area contributed by atoms with E-state index in [-0.39, 0.29) is 96.3 Å². The van der Waals surface area contributed by atoms with E-state index in [9.17, 15) is 45.1 Å². The van der Waals surface area contributed by atoms with Gasteiger partial charge in [0.1, 0.15) is 12.2 Å². The van der Waals surface area contributed by atoms with E-state index in [2.05, 4.69) is 20.6 Å². The first-order chi connectivity index (χ1) is 40.4. The number of ether oxygens (including phenoxy) is 6. The Balaban J connectivity index is 0.000000204. The van der Waals surface area contributed by atoms with Crippen molar-refractivity contribution in [2.75, 3.05) is 58.9 Å². The maximum absolute atomic E-state index is 13.9. The molecule has 22 nitrogen and oxygen atoms in total. The second kappa shape index (κ2) is 27.8. The number of aliphatic hydroxyl groups excluding tert-OH is 2. The first-order valence-corrected chi connectivity index (χ1v) is 34.6. The molecule has 4 aliphatic rings. The number of aryl methyl sites for hydroxylation is 1. The molecule has 462 valence electrons. The van der Waals surface area contributed by atoms with Gasteiger partial charge in [0.15, 0.2) is 12.6 Å². The molecule has 0 bridgehead atoms. The summed E-state index contributed by atoms with van der Waals surface area (Å²) in [6, 6.07) is 26.1. The van der Waals surface area contributed by atoms with Crippen molar-refractivity contribution in [1.29, 1.82) is 0 Å². The standard InChI is InChI=1S/C29H37N3O9S3.C29H37N3O7S2/c1-18(2)15-32(44(37,38)20-9-10-22-26(14-20)42-29(31-22)43(3,35)36)16-24(33)23(13-19-7-5-4-6-8-19)30-28(34)41-25-17-40-27-21(25)11-12-39-27;1-18(2)15-32(41(35,36)21-9-10-23-27(14-21)40-19(3)30-23)16-25(33)24(13-20-7-5-4-6-8-20)31-29(34)39-26-17-38-28-22(26)11-12-37-28/h4-10,14,18,21,23-25,27,33H,11-13,15-17H2,1-3H3,(H,30,34);4-10,14,18,22,24-26,28,33H,11-13,15-17H2,1-3H3,(H,31,34)/t21-,23-,24+,25-,27+;22-,24-,25+,26-,28+/m00/s1. The Morgan fingerprint density at radius 1 is 0.612 bits per heavy atom. The predicted octanol–water partition coefficient (Wildman–Crippen LogP) is 6.52. The third-order valence-electron chi connectivity index (χ3n) is 14.9. The number of nitrogens with one attached hydrogen (secondary N) is 2. The number of sulfone groups is 1. The van der Waals surface area contributed by atoms with Crippen LogP contribution in [0.3, 0.4) is 0 Å². The SMILES string of the molecule is CC(C)CN(C[C@@H](O)[C@H](Cc1ccccc1)NC(=O)O[C@H]1CO[C@H]2OCC[C@H]21)S(=O)(=O)c1ccc2nc(S(C)(=O)=O)sc2c1.Cc1nc2ccc(S(=O)(=O)N(CC(C)C)C[C@@H](O)[C@H](Cc3ccccc3)NC(=O)O[C@H]3CO[C@H]4OCC[C@H]43)cc2s1. The quantitative estimate of drug-likeness (QED) is 0.0531. The molecule has 10 atom stereocenters. The summed E-state index contributed by atoms with van der Waals surface area (Å²) >= 11 is 2.33. The summed E-state index contributed by atoms with van der Waals surface area (Å²) in [6.45, 7) is 10.8. The molecule has 10 rings (SSSR count). The van der Waals surface area contributed by atoms with E-state index < -0.39 is 84.9 Å². The van der Waals surface area contributed by atoms with Gasteiger partial charge in [-0.3, -0.25) is 0 Å². The van der Waals surface area contributed by atoms with Crippen molar-refractivity contribution in [2.45, 2.75) is 124 Å². The molecule has 4 aliphatic heterocycles. The predicted molar refractivity (Wildman–Crippen MR) is 319 cm³/mol. The number of aromatic nitrogens is 2. The molecule has 0 unspecified atom stereocenters. The van der Waals surface area contributed by atoms with Gasteiger partial charge in [-0.15, -0.1) is 22.7 Å². The lowest BCUT2D eigenvalue weighted by Crippen LogP contribution is -2.51. The molecule has 4 saturated heterocycles. The van der Waals surface area contributed by atoms with Gasteiger partial charge in [-0.2, -0.15) is 8.61 Å². The number of aliphatic hydroxyl groups is 2. The van der Waals surface area contributed by atoms with Gasteiger partial charge in [0.25, 0.3) is 0 Å². The highest BCUT2D eigenvalue weighted by Crippen LogP contribution is 2.35. The van der Waals surface area contributed by atoms with Crippen LogP contribution in [-0.2, 0) is 71.1 Å². The average molecular weight is 1270 g/mol. The maximum Gasteiger partial charge on any atom is 0.407 e. The number of nitrogens with zero attached hydrogens (tertiary/aromatic N) is 4. The molecule has 6 heterocycles. The molecule has 2 amide bonds. The third-order valence-corrected chi connectivity index (χ3v) is 22.2. The summed E-state index contributed by atoms with van der Waals surface area (Å²) in [5, 5.41) is 29.4. The number of hydrogen-bond donors (Lipinski definition) is 4. The van der Waals surface area contributed by atoms with Gasteiger partial charge in [-0.25, -0.2) is 44.8 Å². The molecule has 4 N–H and O–H groups in total. The molecular weight excluding hydrogens is 1200 g/mol. The number of thiazole rings is 2. The molecule has 4 fully saturated rings. The number of amides is 2. The zero-order valence-corrected chi connectivity index (χ0v) is 52.2. The van der Waals surface area contributed by atoms with E-state index in [4.69, 9.17) is 28.4 Å². The van der Waals surface area contributed by atoms with Crippen molar-refractivity contribution in [3.63, 3.8) is 0 Å². The zero-order chi connectivity index (χ0) is 60.8. The summed E-state index contributed by atoms with van der Waals surface area (Å²) in [5.74, 6) is -0.171. The van der Waals surface area contributed by atoms with E-state index in [0.717, 1.165) is 50.4 Å². The van der Waals surface area contributed by atoms with Crippen molar-refractivity contribution >= 4 is 85.2 Å². The molecule has 0 radical (unpaired) electrons. The van der Waals surface area contributed by atoms with Gasteiger partial charge in [0, 0.05) is 32.4 Å². The number of fused-ring (bicyclic) bond motifs is 4. The number of sulfonamides is 2. The summed E-state index contributed by atoms with van der Waals surface area (Å²) in [4.78, 5) is 34.7. The Bertz CT molecular complexity index is 3590. The summed E-state index contributed by atoms with van der Waals surface area (Å²) < 4.78 is 117. The van der Waals surface area contributed by atoms with Crippen molar-refractivity contribution in [3.8, 4) is 0 Å². The smallest absolute Gasteiger partial charge is 0.407 e. The van der Waals surface area contributed by atoms with Crippen LogP contribution in [0.1, 0.15) is 56.7 Å².